The number of aromatic nitrogens is 2. The second kappa shape index (κ2) is 6.87. The molecule has 0 aliphatic carbocycles. The summed E-state index contributed by atoms with van der Waals surface area (Å²) >= 11 is 3.51. The summed E-state index contributed by atoms with van der Waals surface area (Å²) in [5, 5.41) is 16.3. The molecule has 2 aromatic rings. The lowest BCUT2D eigenvalue weighted by molar-refractivity contribution is 0.223. The molecule has 2 rings (SSSR count). The monoisotopic (exact) mass is 350 g/mol. The van der Waals surface area contributed by atoms with Crippen LogP contribution in [0.2, 0.25) is 0 Å². The maximum absolute atomic E-state index is 9.83. The highest BCUT2D eigenvalue weighted by Gasteiger charge is 2.27. The Labute approximate surface area is 133 Å². The van der Waals surface area contributed by atoms with E-state index in [0.717, 1.165) is 22.4 Å². The van der Waals surface area contributed by atoms with Gasteiger partial charge in [-0.25, -0.2) is 9.97 Å². The van der Waals surface area contributed by atoms with Gasteiger partial charge in [-0.15, -0.1) is 0 Å². The van der Waals surface area contributed by atoms with E-state index in [2.05, 4.69) is 36.5 Å². The van der Waals surface area contributed by atoms with E-state index < -0.39 is 5.54 Å². The minimum Gasteiger partial charge on any atom is -0.394 e. The Morgan fingerprint density at radius 3 is 2.48 bits per heavy atom. The fourth-order valence-corrected chi connectivity index (χ4v) is 2.46. The lowest BCUT2D eigenvalue weighted by atomic mass is 9.93. The molecule has 1 atom stereocenters. The number of hydrogen-bond donors (Lipinski definition) is 3. The molecule has 0 saturated carbocycles. The Balaban J connectivity index is 2.33. The molecule has 1 heterocycles. The number of anilines is 2. The Bertz CT molecular complexity index is 593. The lowest BCUT2D eigenvalue weighted by Crippen LogP contribution is -2.36. The summed E-state index contributed by atoms with van der Waals surface area (Å²) in [6, 6.07) is 9.80. The van der Waals surface area contributed by atoms with E-state index in [1.807, 2.05) is 44.2 Å². The SMILES string of the molecule is CCNc1ncnc(NC(C)(CO)c2ccccc2)c1Br. The standard InChI is InChI=1S/C15H19BrN4O/c1-3-17-13-12(16)14(19-10-18-13)20-15(2,9-21)11-7-5-4-6-8-11/h4-8,10,21H,3,9H2,1-2H3,(H2,17,18,19,20). The van der Waals surface area contributed by atoms with Gasteiger partial charge in [-0.2, -0.15) is 0 Å². The van der Waals surface area contributed by atoms with E-state index in [9.17, 15) is 5.11 Å². The van der Waals surface area contributed by atoms with Gasteiger partial charge in [0.05, 0.1) is 12.1 Å². The molecule has 0 amide bonds. The molecule has 21 heavy (non-hydrogen) atoms. The third kappa shape index (κ3) is 3.51. The number of benzene rings is 1. The summed E-state index contributed by atoms with van der Waals surface area (Å²) in [5.41, 5.74) is 0.366. The number of aliphatic hydroxyl groups is 1. The molecule has 0 spiro atoms. The zero-order valence-corrected chi connectivity index (χ0v) is 13.7. The smallest absolute Gasteiger partial charge is 0.146 e. The molecular formula is C15H19BrN4O. The van der Waals surface area contributed by atoms with Crippen molar-refractivity contribution < 1.29 is 5.11 Å². The van der Waals surface area contributed by atoms with Crippen LogP contribution in [0.15, 0.2) is 41.1 Å². The quantitative estimate of drug-likeness (QED) is 0.746. The van der Waals surface area contributed by atoms with Gasteiger partial charge in [0.25, 0.3) is 0 Å². The van der Waals surface area contributed by atoms with Crippen LogP contribution in [0.3, 0.4) is 0 Å². The molecule has 0 saturated heterocycles. The second-order valence-corrected chi connectivity index (χ2v) is 5.69. The van der Waals surface area contributed by atoms with Crippen LogP contribution >= 0.6 is 15.9 Å². The molecular weight excluding hydrogens is 332 g/mol. The highest BCUT2D eigenvalue weighted by molar-refractivity contribution is 9.10. The van der Waals surface area contributed by atoms with Crippen LogP contribution in [0.25, 0.3) is 0 Å². The molecule has 0 radical (unpaired) electrons. The number of hydrogen-bond acceptors (Lipinski definition) is 5. The minimum atomic E-state index is -0.623. The number of halogens is 1. The summed E-state index contributed by atoms with van der Waals surface area (Å²) in [5.74, 6) is 1.37. The lowest BCUT2D eigenvalue weighted by Gasteiger charge is -2.30. The molecule has 1 unspecified atom stereocenters. The van der Waals surface area contributed by atoms with E-state index in [-0.39, 0.29) is 6.61 Å². The normalized spacial score (nSPS) is 13.5. The number of nitrogens with zero attached hydrogens (tertiary/aromatic N) is 2. The average Bonchev–Trinajstić information content (AvgIpc) is 2.52. The van der Waals surface area contributed by atoms with Gasteiger partial charge in [0.15, 0.2) is 0 Å². The maximum atomic E-state index is 9.83. The first-order valence-corrected chi connectivity index (χ1v) is 7.59. The Morgan fingerprint density at radius 2 is 1.86 bits per heavy atom. The Hall–Kier alpha value is -1.66. The first kappa shape index (κ1) is 15.7. The third-order valence-electron chi connectivity index (χ3n) is 3.26. The van der Waals surface area contributed by atoms with E-state index in [4.69, 9.17) is 0 Å². The summed E-state index contributed by atoms with van der Waals surface area (Å²) in [6.45, 7) is 4.66. The molecule has 1 aromatic carbocycles. The van der Waals surface area contributed by atoms with E-state index >= 15 is 0 Å². The molecule has 6 heteroatoms. The molecule has 3 N–H and O–H groups in total. The van der Waals surface area contributed by atoms with Gasteiger partial charge in [0.1, 0.15) is 22.4 Å². The van der Waals surface area contributed by atoms with Gasteiger partial charge in [-0.1, -0.05) is 30.3 Å². The summed E-state index contributed by atoms with van der Waals surface area (Å²) in [6.07, 6.45) is 1.49. The molecule has 0 bridgehead atoms. The minimum absolute atomic E-state index is 0.0516. The highest BCUT2D eigenvalue weighted by atomic mass is 79.9. The van der Waals surface area contributed by atoms with Crippen molar-refractivity contribution in [1.29, 1.82) is 0 Å². The van der Waals surface area contributed by atoms with Crippen LogP contribution in [0.4, 0.5) is 11.6 Å². The molecule has 0 aliphatic heterocycles. The van der Waals surface area contributed by atoms with Crippen LogP contribution in [0, 0.1) is 0 Å². The first-order valence-electron chi connectivity index (χ1n) is 6.79. The molecule has 5 nitrogen and oxygen atoms in total. The topological polar surface area (TPSA) is 70.1 Å². The van der Waals surface area contributed by atoms with Crippen molar-refractivity contribution >= 4 is 27.6 Å². The zero-order valence-electron chi connectivity index (χ0n) is 12.1. The van der Waals surface area contributed by atoms with Gasteiger partial charge in [0, 0.05) is 6.54 Å². The van der Waals surface area contributed by atoms with Crippen LogP contribution in [0.1, 0.15) is 19.4 Å². The van der Waals surface area contributed by atoms with Crippen molar-refractivity contribution in [3.8, 4) is 0 Å². The average molecular weight is 351 g/mol. The van der Waals surface area contributed by atoms with Crippen molar-refractivity contribution in [3.63, 3.8) is 0 Å². The van der Waals surface area contributed by atoms with Crippen molar-refractivity contribution in [2.75, 3.05) is 23.8 Å². The molecule has 112 valence electrons. The van der Waals surface area contributed by atoms with E-state index in [1.165, 1.54) is 6.33 Å². The Kier molecular flexibility index (Phi) is 5.14. The van der Waals surface area contributed by atoms with Crippen LogP contribution in [0.5, 0.6) is 0 Å². The number of aliphatic hydroxyl groups excluding tert-OH is 1. The summed E-state index contributed by atoms with van der Waals surface area (Å²) < 4.78 is 0.752. The van der Waals surface area contributed by atoms with Gasteiger partial charge in [-0.3, -0.25) is 0 Å². The predicted molar refractivity (Wildman–Crippen MR) is 88.4 cm³/mol. The van der Waals surface area contributed by atoms with Crippen LogP contribution in [-0.2, 0) is 5.54 Å². The summed E-state index contributed by atoms with van der Waals surface area (Å²) in [7, 11) is 0. The van der Waals surface area contributed by atoms with Crippen molar-refractivity contribution in [2.45, 2.75) is 19.4 Å². The van der Waals surface area contributed by atoms with Crippen molar-refractivity contribution in [2.24, 2.45) is 0 Å². The second-order valence-electron chi connectivity index (χ2n) is 4.90. The van der Waals surface area contributed by atoms with Crippen LogP contribution in [-0.4, -0.2) is 28.2 Å². The van der Waals surface area contributed by atoms with Gasteiger partial charge in [0.2, 0.25) is 0 Å². The largest absolute Gasteiger partial charge is 0.394 e. The fraction of sp³-hybridized carbons (Fsp3) is 0.333. The molecule has 0 fully saturated rings. The van der Waals surface area contributed by atoms with Crippen molar-refractivity contribution in [3.05, 3.63) is 46.7 Å². The Morgan fingerprint density at radius 1 is 1.19 bits per heavy atom. The van der Waals surface area contributed by atoms with E-state index in [1.54, 1.807) is 0 Å². The maximum Gasteiger partial charge on any atom is 0.146 e. The van der Waals surface area contributed by atoms with Gasteiger partial charge >= 0.3 is 0 Å². The summed E-state index contributed by atoms with van der Waals surface area (Å²) in [4.78, 5) is 8.45. The van der Waals surface area contributed by atoms with Crippen LogP contribution < -0.4 is 10.6 Å². The molecule has 1 aromatic heterocycles. The highest BCUT2D eigenvalue weighted by Crippen LogP contribution is 2.31. The predicted octanol–water partition coefficient (Wildman–Crippen LogP) is 2.99. The molecule has 0 aliphatic rings. The third-order valence-corrected chi connectivity index (χ3v) is 4.01. The first-order chi connectivity index (χ1) is 10.1. The fourth-order valence-electron chi connectivity index (χ4n) is 2.02. The van der Waals surface area contributed by atoms with Gasteiger partial charge < -0.3 is 15.7 Å². The number of rotatable bonds is 6. The van der Waals surface area contributed by atoms with Gasteiger partial charge in [-0.05, 0) is 35.3 Å². The van der Waals surface area contributed by atoms with Crippen molar-refractivity contribution in [1.82, 2.24) is 9.97 Å². The van der Waals surface area contributed by atoms with E-state index in [0.29, 0.717) is 5.82 Å². The number of nitrogens with one attached hydrogen (secondary N) is 2. The zero-order chi connectivity index (χ0) is 15.3.